The Morgan fingerprint density at radius 1 is 1.33 bits per heavy atom. The van der Waals surface area contributed by atoms with Crippen LogP contribution in [0.15, 0.2) is 18.2 Å². The number of aromatic carboxylic acids is 1. The zero-order chi connectivity index (χ0) is 13.4. The molecule has 1 aromatic rings. The minimum atomic E-state index is -1.08. The van der Waals surface area contributed by atoms with Crippen molar-refractivity contribution in [2.45, 2.75) is 19.8 Å². The topological polar surface area (TPSA) is 55.8 Å². The molecular formula is C13H17FO4. The normalized spacial score (nSPS) is 10.1. The van der Waals surface area contributed by atoms with E-state index in [1.165, 1.54) is 12.1 Å². The van der Waals surface area contributed by atoms with E-state index in [4.69, 9.17) is 14.6 Å². The molecule has 1 rings (SSSR count). The van der Waals surface area contributed by atoms with Crippen LogP contribution in [0.5, 0.6) is 11.5 Å². The zero-order valence-corrected chi connectivity index (χ0v) is 10.3. The molecule has 0 fully saturated rings. The van der Waals surface area contributed by atoms with Crippen LogP contribution in [0, 0.1) is 0 Å². The lowest BCUT2D eigenvalue weighted by atomic mass is 10.2. The van der Waals surface area contributed by atoms with Gasteiger partial charge in [0, 0.05) is 12.5 Å². The summed E-state index contributed by atoms with van der Waals surface area (Å²) in [5, 5.41) is 8.99. The molecule has 0 aliphatic rings. The van der Waals surface area contributed by atoms with E-state index in [0.717, 1.165) is 6.42 Å². The van der Waals surface area contributed by atoms with Gasteiger partial charge in [-0.25, -0.2) is 4.79 Å². The fraction of sp³-hybridized carbons (Fsp3) is 0.462. The lowest BCUT2D eigenvalue weighted by Crippen LogP contribution is -2.06. The fourth-order valence-corrected chi connectivity index (χ4v) is 1.35. The molecule has 0 unspecified atom stereocenters. The average molecular weight is 256 g/mol. The molecule has 0 amide bonds. The van der Waals surface area contributed by atoms with E-state index in [1.807, 2.05) is 6.92 Å². The van der Waals surface area contributed by atoms with Crippen molar-refractivity contribution < 1.29 is 23.8 Å². The van der Waals surface area contributed by atoms with Crippen molar-refractivity contribution >= 4 is 5.97 Å². The molecule has 0 aliphatic heterocycles. The summed E-state index contributed by atoms with van der Waals surface area (Å²) in [5.41, 5.74) is 0.0534. The van der Waals surface area contributed by atoms with Gasteiger partial charge in [0.25, 0.3) is 0 Å². The van der Waals surface area contributed by atoms with Crippen molar-refractivity contribution in [2.24, 2.45) is 0 Å². The van der Waals surface area contributed by atoms with E-state index in [9.17, 15) is 9.18 Å². The number of carbonyl (C=O) groups is 1. The van der Waals surface area contributed by atoms with Crippen LogP contribution in [0.3, 0.4) is 0 Å². The number of halogens is 1. The van der Waals surface area contributed by atoms with E-state index in [1.54, 1.807) is 6.07 Å². The molecule has 0 spiro atoms. The molecule has 1 N–H and O–H groups in total. The third-order valence-electron chi connectivity index (χ3n) is 2.19. The molecule has 0 atom stereocenters. The van der Waals surface area contributed by atoms with Crippen molar-refractivity contribution in [3.05, 3.63) is 23.8 Å². The zero-order valence-electron chi connectivity index (χ0n) is 10.3. The fourth-order valence-electron chi connectivity index (χ4n) is 1.35. The number of rotatable bonds is 8. The highest BCUT2D eigenvalue weighted by Gasteiger charge is 2.12. The number of hydrogen-bond donors (Lipinski definition) is 1. The summed E-state index contributed by atoms with van der Waals surface area (Å²) >= 11 is 0. The van der Waals surface area contributed by atoms with Gasteiger partial charge in [0.1, 0.15) is 17.1 Å². The molecule has 0 saturated carbocycles. The van der Waals surface area contributed by atoms with E-state index in [-0.39, 0.29) is 24.3 Å². The predicted octanol–water partition coefficient (Wildman–Crippen LogP) is 2.91. The Morgan fingerprint density at radius 3 is 2.72 bits per heavy atom. The molecule has 100 valence electrons. The highest BCUT2D eigenvalue weighted by Crippen LogP contribution is 2.25. The summed E-state index contributed by atoms with van der Waals surface area (Å²) in [5.74, 6) is -0.311. The maximum absolute atomic E-state index is 12.0. The van der Waals surface area contributed by atoms with Crippen LogP contribution >= 0.6 is 0 Å². The summed E-state index contributed by atoms with van der Waals surface area (Å²) in [6, 6.07) is 4.54. The monoisotopic (exact) mass is 256 g/mol. The molecule has 0 heterocycles. The van der Waals surface area contributed by atoms with E-state index < -0.39 is 12.6 Å². The second-order valence-corrected chi connectivity index (χ2v) is 3.70. The summed E-state index contributed by atoms with van der Waals surface area (Å²) < 4.78 is 22.6. The van der Waals surface area contributed by atoms with Crippen molar-refractivity contribution in [3.63, 3.8) is 0 Å². The third-order valence-corrected chi connectivity index (χ3v) is 2.19. The predicted molar refractivity (Wildman–Crippen MR) is 65.3 cm³/mol. The highest BCUT2D eigenvalue weighted by molar-refractivity contribution is 5.91. The first kappa shape index (κ1) is 14.3. The number of benzene rings is 1. The first-order valence-electron chi connectivity index (χ1n) is 5.88. The van der Waals surface area contributed by atoms with Gasteiger partial charge in [-0.1, -0.05) is 6.92 Å². The van der Waals surface area contributed by atoms with Gasteiger partial charge in [-0.3, -0.25) is 4.39 Å². The standard InChI is InChI=1S/C13H17FO4/c1-2-7-17-10-4-5-11(13(15)16)12(9-10)18-8-3-6-14/h4-5,9H,2-3,6-8H2,1H3,(H,15,16). The van der Waals surface area contributed by atoms with Crippen molar-refractivity contribution in [1.82, 2.24) is 0 Å². The van der Waals surface area contributed by atoms with Gasteiger partial charge in [0.15, 0.2) is 0 Å². The summed E-state index contributed by atoms with van der Waals surface area (Å²) in [6.07, 6.45) is 1.10. The minimum absolute atomic E-state index is 0.0534. The smallest absolute Gasteiger partial charge is 0.339 e. The number of hydrogen-bond acceptors (Lipinski definition) is 3. The average Bonchev–Trinajstić information content (AvgIpc) is 2.36. The molecule has 0 aliphatic carbocycles. The highest BCUT2D eigenvalue weighted by atomic mass is 19.1. The van der Waals surface area contributed by atoms with Crippen LogP contribution in [-0.2, 0) is 0 Å². The Morgan fingerprint density at radius 2 is 2.11 bits per heavy atom. The quantitative estimate of drug-likeness (QED) is 0.726. The lowest BCUT2D eigenvalue weighted by molar-refractivity contribution is 0.0692. The Labute approximate surface area is 105 Å². The summed E-state index contributed by atoms with van der Waals surface area (Å²) in [6.45, 7) is 2.18. The van der Waals surface area contributed by atoms with Crippen molar-refractivity contribution in [3.8, 4) is 11.5 Å². The molecule has 0 aromatic heterocycles. The molecule has 0 bridgehead atoms. The third kappa shape index (κ3) is 4.24. The second kappa shape index (κ2) is 7.53. The largest absolute Gasteiger partial charge is 0.493 e. The Bertz CT molecular complexity index is 393. The molecule has 0 radical (unpaired) electrons. The Hall–Kier alpha value is -1.78. The molecule has 5 heteroatoms. The first-order chi connectivity index (χ1) is 8.69. The number of carboxylic acid groups (broad SMARTS) is 1. The molecular weight excluding hydrogens is 239 g/mol. The maximum atomic E-state index is 12.0. The van der Waals surface area contributed by atoms with E-state index >= 15 is 0 Å². The maximum Gasteiger partial charge on any atom is 0.339 e. The first-order valence-corrected chi connectivity index (χ1v) is 5.88. The Balaban J connectivity index is 2.82. The van der Waals surface area contributed by atoms with Crippen LogP contribution < -0.4 is 9.47 Å². The van der Waals surface area contributed by atoms with Gasteiger partial charge in [-0.15, -0.1) is 0 Å². The van der Waals surface area contributed by atoms with Gasteiger partial charge >= 0.3 is 5.97 Å². The van der Waals surface area contributed by atoms with E-state index in [0.29, 0.717) is 12.4 Å². The van der Waals surface area contributed by atoms with Crippen LogP contribution in [0.1, 0.15) is 30.1 Å². The van der Waals surface area contributed by atoms with Crippen LogP contribution in [0.4, 0.5) is 4.39 Å². The number of carboxylic acids is 1. The molecule has 18 heavy (non-hydrogen) atoms. The van der Waals surface area contributed by atoms with Gasteiger partial charge in [0.05, 0.1) is 19.9 Å². The Kier molecular flexibility index (Phi) is 5.97. The molecule has 1 aromatic carbocycles. The van der Waals surface area contributed by atoms with Crippen molar-refractivity contribution in [2.75, 3.05) is 19.9 Å². The van der Waals surface area contributed by atoms with Gasteiger partial charge in [-0.2, -0.15) is 0 Å². The number of alkyl halides is 1. The molecule has 0 saturated heterocycles. The minimum Gasteiger partial charge on any atom is -0.493 e. The van der Waals surface area contributed by atoms with Gasteiger partial charge in [-0.05, 0) is 18.6 Å². The van der Waals surface area contributed by atoms with Gasteiger partial charge < -0.3 is 14.6 Å². The molecule has 4 nitrogen and oxygen atoms in total. The van der Waals surface area contributed by atoms with Crippen LogP contribution in [0.25, 0.3) is 0 Å². The second-order valence-electron chi connectivity index (χ2n) is 3.70. The van der Waals surface area contributed by atoms with E-state index in [2.05, 4.69) is 0 Å². The van der Waals surface area contributed by atoms with Crippen LogP contribution in [-0.4, -0.2) is 31.0 Å². The van der Waals surface area contributed by atoms with Crippen LogP contribution in [0.2, 0.25) is 0 Å². The summed E-state index contributed by atoms with van der Waals surface area (Å²) in [4.78, 5) is 11.0. The SMILES string of the molecule is CCCOc1ccc(C(=O)O)c(OCCCF)c1. The summed E-state index contributed by atoms with van der Waals surface area (Å²) in [7, 11) is 0. The van der Waals surface area contributed by atoms with Crippen molar-refractivity contribution in [1.29, 1.82) is 0 Å². The lowest BCUT2D eigenvalue weighted by Gasteiger charge is -2.11. The number of ether oxygens (including phenoxy) is 2. The van der Waals surface area contributed by atoms with Gasteiger partial charge in [0.2, 0.25) is 0 Å².